The molecule has 2 aliphatic rings. The largest absolute Gasteiger partial charge is 0.469 e. The van der Waals surface area contributed by atoms with E-state index in [2.05, 4.69) is 94.9 Å². The van der Waals surface area contributed by atoms with Crippen LogP contribution in [0.5, 0.6) is 0 Å². The summed E-state index contributed by atoms with van der Waals surface area (Å²) in [5.74, 6) is 0.269. The van der Waals surface area contributed by atoms with Crippen molar-refractivity contribution in [1.82, 2.24) is 0 Å². The highest BCUT2D eigenvalue weighted by atomic mass is 28.4. The lowest BCUT2D eigenvalue weighted by Crippen LogP contribution is -2.68. The number of hydrogen-bond acceptors (Lipinski definition) is 3. The standard InChI is InChI=1S/C32H44O3Si/c1-7-8-21-32-22-19-24(2)28(30(33)34-6)29(32)27(20-23-32)35-36(31(3,4)5,25-15-11-9-12-16-25)26-17-13-10-14-18-26/h7,9-18,24,27-29H,1,8,19-23H2,2-6H3/t24-,27+,28-,29+,32+/m1/s1. The van der Waals surface area contributed by atoms with Crippen molar-refractivity contribution in [2.45, 2.75) is 77.4 Å². The van der Waals surface area contributed by atoms with Gasteiger partial charge < -0.3 is 9.16 Å². The lowest BCUT2D eigenvalue weighted by atomic mass is 9.58. The molecule has 0 radical (unpaired) electrons. The third-order valence-electron chi connectivity index (χ3n) is 9.20. The fourth-order valence-electron chi connectivity index (χ4n) is 7.49. The van der Waals surface area contributed by atoms with Crippen molar-refractivity contribution in [2.75, 3.05) is 7.11 Å². The van der Waals surface area contributed by atoms with Crippen molar-refractivity contribution in [1.29, 1.82) is 0 Å². The van der Waals surface area contributed by atoms with Crippen molar-refractivity contribution < 1.29 is 14.0 Å². The maximum atomic E-state index is 13.3. The SMILES string of the molecule is C=CCC[C@@]12CC[C@@H](C)[C@@H](C(=O)OC)[C@@H]1[C@@H](O[Si](c1ccccc1)(c1ccccc1)C(C)(C)C)CC2. The summed E-state index contributed by atoms with van der Waals surface area (Å²) in [4.78, 5) is 13.3. The van der Waals surface area contributed by atoms with Crippen molar-refractivity contribution in [3.05, 3.63) is 73.3 Å². The third-order valence-corrected chi connectivity index (χ3v) is 14.3. The van der Waals surface area contributed by atoms with Gasteiger partial charge in [-0.15, -0.1) is 6.58 Å². The Morgan fingerprint density at radius 1 is 1.03 bits per heavy atom. The number of hydrogen-bond donors (Lipinski definition) is 0. The maximum Gasteiger partial charge on any atom is 0.309 e. The fraction of sp³-hybridized carbons (Fsp3) is 0.531. The van der Waals surface area contributed by atoms with Crippen LogP contribution in [-0.4, -0.2) is 27.5 Å². The van der Waals surface area contributed by atoms with E-state index in [1.54, 1.807) is 7.11 Å². The number of carbonyl (C=O) groups is 1. The summed E-state index contributed by atoms with van der Waals surface area (Å²) < 4.78 is 13.1. The second-order valence-corrected chi connectivity index (χ2v) is 16.4. The van der Waals surface area contributed by atoms with E-state index in [1.165, 1.54) is 10.4 Å². The second-order valence-electron chi connectivity index (χ2n) is 12.1. The Morgan fingerprint density at radius 3 is 2.08 bits per heavy atom. The monoisotopic (exact) mass is 504 g/mol. The zero-order chi connectivity index (χ0) is 26.0. The van der Waals surface area contributed by atoms with Crippen LogP contribution in [0.3, 0.4) is 0 Å². The molecule has 0 N–H and O–H groups in total. The van der Waals surface area contributed by atoms with E-state index in [0.29, 0.717) is 5.92 Å². The van der Waals surface area contributed by atoms with Crippen LogP contribution in [-0.2, 0) is 14.0 Å². The lowest BCUT2D eigenvalue weighted by Gasteiger charge is -2.51. The van der Waals surface area contributed by atoms with Crippen molar-refractivity contribution in [2.24, 2.45) is 23.2 Å². The smallest absolute Gasteiger partial charge is 0.309 e. The van der Waals surface area contributed by atoms with Crippen LogP contribution in [0, 0.1) is 23.2 Å². The molecule has 2 aromatic rings. The predicted molar refractivity (Wildman–Crippen MR) is 151 cm³/mol. The lowest BCUT2D eigenvalue weighted by molar-refractivity contribution is -0.157. The van der Waals surface area contributed by atoms with Gasteiger partial charge in [0.2, 0.25) is 0 Å². The van der Waals surface area contributed by atoms with E-state index in [9.17, 15) is 4.79 Å². The molecule has 36 heavy (non-hydrogen) atoms. The van der Waals surface area contributed by atoms with E-state index in [1.807, 2.05) is 6.08 Å². The van der Waals surface area contributed by atoms with E-state index in [4.69, 9.17) is 9.16 Å². The summed E-state index contributed by atoms with van der Waals surface area (Å²) in [6.45, 7) is 13.2. The first kappa shape index (κ1) is 26.9. The quantitative estimate of drug-likeness (QED) is 0.233. The second kappa shape index (κ2) is 10.7. The normalized spacial score (nSPS) is 28.4. The molecule has 0 bridgehead atoms. The Labute approximate surface area is 219 Å². The van der Waals surface area contributed by atoms with Crippen LogP contribution in [0.4, 0.5) is 0 Å². The zero-order valence-corrected chi connectivity index (χ0v) is 23.8. The van der Waals surface area contributed by atoms with E-state index in [0.717, 1.165) is 38.5 Å². The van der Waals surface area contributed by atoms with Gasteiger partial charge in [-0.05, 0) is 65.3 Å². The van der Waals surface area contributed by atoms with Crippen LogP contribution in [0.25, 0.3) is 0 Å². The molecule has 0 aliphatic heterocycles. The molecular weight excluding hydrogens is 460 g/mol. The number of carbonyl (C=O) groups excluding carboxylic acids is 1. The Bertz CT molecular complexity index is 989. The van der Waals surface area contributed by atoms with Crippen LogP contribution >= 0.6 is 0 Å². The molecular formula is C32H44O3Si. The minimum atomic E-state index is -2.72. The van der Waals surface area contributed by atoms with Crippen LogP contribution < -0.4 is 10.4 Å². The number of rotatable bonds is 8. The van der Waals surface area contributed by atoms with Gasteiger partial charge in [-0.2, -0.15) is 0 Å². The number of methoxy groups -OCH3 is 1. The number of esters is 1. The Morgan fingerprint density at radius 2 is 1.58 bits per heavy atom. The third kappa shape index (κ3) is 4.63. The highest BCUT2D eigenvalue weighted by Gasteiger charge is 2.60. The van der Waals surface area contributed by atoms with Gasteiger partial charge in [0.1, 0.15) is 0 Å². The first-order valence-corrected chi connectivity index (χ1v) is 15.6. The average molecular weight is 505 g/mol. The molecule has 4 rings (SSSR count). The molecule has 3 nitrogen and oxygen atoms in total. The van der Waals surface area contributed by atoms with Crippen LogP contribution in [0.15, 0.2) is 73.3 Å². The molecule has 0 amide bonds. The Hall–Kier alpha value is -2.17. The summed E-state index contributed by atoms with van der Waals surface area (Å²) in [5.41, 5.74) is 0.107. The van der Waals surface area contributed by atoms with Gasteiger partial charge in [-0.1, -0.05) is 94.4 Å². The minimum absolute atomic E-state index is 0.0213. The molecule has 0 spiro atoms. The molecule has 2 aromatic carbocycles. The van der Waals surface area contributed by atoms with Gasteiger partial charge in [0.05, 0.1) is 19.1 Å². The van der Waals surface area contributed by atoms with Crippen LogP contribution in [0.1, 0.15) is 66.2 Å². The van der Waals surface area contributed by atoms with Crippen molar-refractivity contribution in [3.8, 4) is 0 Å². The van der Waals surface area contributed by atoms with E-state index in [-0.39, 0.29) is 34.4 Å². The summed E-state index contributed by atoms with van der Waals surface area (Å²) in [6, 6.07) is 21.7. The molecule has 2 saturated carbocycles. The van der Waals surface area contributed by atoms with E-state index < -0.39 is 8.32 Å². The van der Waals surface area contributed by atoms with Gasteiger partial charge in [0.25, 0.3) is 8.32 Å². The highest BCUT2D eigenvalue weighted by molar-refractivity contribution is 6.99. The number of fused-ring (bicyclic) bond motifs is 1. The summed E-state index contributed by atoms with van der Waals surface area (Å²) in [6.07, 6.45) is 8.43. The van der Waals surface area contributed by atoms with Crippen LogP contribution in [0.2, 0.25) is 5.04 Å². The van der Waals surface area contributed by atoms with E-state index >= 15 is 0 Å². The first-order valence-electron chi connectivity index (χ1n) is 13.7. The van der Waals surface area contributed by atoms with Gasteiger partial charge in [0, 0.05) is 5.92 Å². The average Bonchev–Trinajstić information content (AvgIpc) is 3.24. The molecule has 5 atom stereocenters. The van der Waals surface area contributed by atoms with Crippen molar-refractivity contribution in [3.63, 3.8) is 0 Å². The fourth-order valence-corrected chi connectivity index (χ4v) is 12.2. The molecule has 0 saturated heterocycles. The summed E-state index contributed by atoms with van der Waals surface area (Å²) >= 11 is 0. The summed E-state index contributed by atoms with van der Waals surface area (Å²) in [5, 5.41) is 2.50. The predicted octanol–water partition coefficient (Wildman–Crippen LogP) is 6.51. The molecule has 0 unspecified atom stereocenters. The van der Waals surface area contributed by atoms with Crippen molar-refractivity contribution >= 4 is 24.7 Å². The highest BCUT2D eigenvalue weighted by Crippen LogP contribution is 2.60. The molecule has 4 heteroatoms. The summed E-state index contributed by atoms with van der Waals surface area (Å²) in [7, 11) is -1.18. The molecule has 2 fully saturated rings. The number of benzene rings is 2. The topological polar surface area (TPSA) is 35.5 Å². The number of allylic oxidation sites excluding steroid dienone is 1. The van der Waals surface area contributed by atoms with Gasteiger partial charge in [-0.3, -0.25) is 4.79 Å². The molecule has 194 valence electrons. The van der Waals surface area contributed by atoms with Gasteiger partial charge in [0.15, 0.2) is 0 Å². The Kier molecular flexibility index (Phi) is 7.97. The molecule has 2 aliphatic carbocycles. The van der Waals surface area contributed by atoms with Gasteiger partial charge in [-0.25, -0.2) is 0 Å². The molecule has 0 aromatic heterocycles. The maximum absolute atomic E-state index is 13.3. The zero-order valence-electron chi connectivity index (χ0n) is 22.8. The van der Waals surface area contributed by atoms with Gasteiger partial charge >= 0.3 is 5.97 Å². The number of ether oxygens (including phenoxy) is 1. The first-order chi connectivity index (χ1) is 17.2. The Balaban J connectivity index is 1.87. The molecule has 0 heterocycles. The minimum Gasteiger partial charge on any atom is -0.469 e.